The lowest BCUT2D eigenvalue weighted by Crippen LogP contribution is -3.00. The Hall–Kier alpha value is -1.88. The second-order valence-corrected chi connectivity index (χ2v) is 5.32. The number of anilines is 1. The van der Waals surface area contributed by atoms with Gasteiger partial charge in [-0.15, -0.1) is 0 Å². The SMILES string of the molecule is COc1ccc(C)cc1NC(=O)CCCC[n+]1ccccc1.[Br-]. The maximum atomic E-state index is 12.0. The quantitative estimate of drug-likeness (QED) is 0.548. The first kappa shape index (κ1) is 19.2. The Morgan fingerprint density at radius 3 is 2.61 bits per heavy atom. The highest BCUT2D eigenvalue weighted by molar-refractivity contribution is 5.92. The molecule has 0 aliphatic carbocycles. The van der Waals surface area contributed by atoms with Crippen LogP contribution < -0.4 is 31.6 Å². The van der Waals surface area contributed by atoms with E-state index in [-0.39, 0.29) is 22.9 Å². The number of pyridine rings is 1. The van der Waals surface area contributed by atoms with Gasteiger partial charge in [0.05, 0.1) is 12.8 Å². The van der Waals surface area contributed by atoms with Crippen molar-refractivity contribution >= 4 is 11.6 Å². The highest BCUT2D eigenvalue weighted by Gasteiger charge is 2.08. The maximum Gasteiger partial charge on any atom is 0.224 e. The third-order valence-corrected chi connectivity index (χ3v) is 3.48. The van der Waals surface area contributed by atoms with E-state index in [4.69, 9.17) is 4.74 Å². The number of halogens is 1. The number of hydrogen-bond acceptors (Lipinski definition) is 2. The van der Waals surface area contributed by atoms with Gasteiger partial charge in [-0.25, -0.2) is 4.57 Å². The van der Waals surface area contributed by atoms with Gasteiger partial charge in [0.25, 0.3) is 0 Å². The minimum Gasteiger partial charge on any atom is -1.00 e. The van der Waals surface area contributed by atoms with E-state index in [2.05, 4.69) is 9.88 Å². The Morgan fingerprint density at radius 1 is 1.17 bits per heavy atom. The van der Waals surface area contributed by atoms with E-state index < -0.39 is 0 Å². The summed E-state index contributed by atoms with van der Waals surface area (Å²) >= 11 is 0. The first-order valence-electron chi connectivity index (χ1n) is 7.57. The summed E-state index contributed by atoms with van der Waals surface area (Å²) in [7, 11) is 1.61. The molecule has 2 aromatic rings. The molecular weight excluding hydrogens is 356 g/mol. The zero-order valence-electron chi connectivity index (χ0n) is 13.6. The van der Waals surface area contributed by atoms with Gasteiger partial charge in [0, 0.05) is 25.0 Å². The average molecular weight is 379 g/mol. The van der Waals surface area contributed by atoms with Crippen molar-refractivity contribution in [3.8, 4) is 5.75 Å². The van der Waals surface area contributed by atoms with Crippen LogP contribution in [0.15, 0.2) is 48.8 Å². The summed E-state index contributed by atoms with van der Waals surface area (Å²) in [5.41, 5.74) is 1.83. The summed E-state index contributed by atoms with van der Waals surface area (Å²) in [6.45, 7) is 2.92. The van der Waals surface area contributed by atoms with E-state index in [9.17, 15) is 4.79 Å². The zero-order valence-corrected chi connectivity index (χ0v) is 15.2. The maximum absolute atomic E-state index is 12.0. The van der Waals surface area contributed by atoms with E-state index in [1.54, 1.807) is 7.11 Å². The lowest BCUT2D eigenvalue weighted by Gasteiger charge is -2.10. The molecule has 0 saturated heterocycles. The standard InChI is InChI=1S/C18H22N2O2.BrH/c1-15-9-10-17(22-2)16(14-15)19-18(21)8-4-7-13-20-11-5-3-6-12-20;/h3,5-6,9-12,14H,4,7-8,13H2,1-2H3;1H. The molecule has 4 nitrogen and oxygen atoms in total. The van der Waals surface area contributed by atoms with Crippen LogP contribution in [0.3, 0.4) is 0 Å². The number of methoxy groups -OCH3 is 1. The van der Waals surface area contributed by atoms with Gasteiger partial charge in [-0.3, -0.25) is 4.79 Å². The monoisotopic (exact) mass is 378 g/mol. The average Bonchev–Trinajstić information content (AvgIpc) is 2.53. The molecule has 5 heteroatoms. The minimum atomic E-state index is 0. The number of hydrogen-bond donors (Lipinski definition) is 1. The fourth-order valence-electron chi connectivity index (χ4n) is 2.30. The molecule has 0 saturated carbocycles. The number of carbonyl (C=O) groups excluding carboxylic acids is 1. The molecule has 1 amide bonds. The highest BCUT2D eigenvalue weighted by Crippen LogP contribution is 2.25. The first-order chi connectivity index (χ1) is 10.7. The molecule has 0 fully saturated rings. The van der Waals surface area contributed by atoms with Crippen molar-refractivity contribution in [2.75, 3.05) is 12.4 Å². The predicted molar refractivity (Wildman–Crippen MR) is 86.8 cm³/mol. The Labute approximate surface area is 148 Å². The van der Waals surface area contributed by atoms with Crippen LogP contribution in [0, 0.1) is 6.92 Å². The third-order valence-electron chi connectivity index (χ3n) is 3.48. The first-order valence-corrected chi connectivity index (χ1v) is 7.57. The molecule has 23 heavy (non-hydrogen) atoms. The number of amides is 1. The minimum absolute atomic E-state index is 0. The van der Waals surface area contributed by atoms with Crippen molar-refractivity contribution in [2.24, 2.45) is 0 Å². The number of nitrogens with one attached hydrogen (secondary N) is 1. The van der Waals surface area contributed by atoms with Gasteiger partial charge >= 0.3 is 0 Å². The van der Waals surface area contributed by atoms with Gasteiger partial charge < -0.3 is 27.0 Å². The number of rotatable bonds is 7. The fraction of sp³-hybridized carbons (Fsp3) is 0.333. The molecule has 1 aromatic heterocycles. The number of aromatic nitrogens is 1. The van der Waals surface area contributed by atoms with E-state index in [1.807, 2.05) is 55.7 Å². The smallest absolute Gasteiger partial charge is 0.224 e. The van der Waals surface area contributed by atoms with Crippen LogP contribution in [-0.2, 0) is 11.3 Å². The number of ether oxygens (including phenoxy) is 1. The molecule has 0 atom stereocenters. The van der Waals surface area contributed by atoms with Crippen molar-refractivity contribution in [3.63, 3.8) is 0 Å². The molecule has 0 unspecified atom stereocenters. The molecule has 2 rings (SSSR count). The Kier molecular flexibility index (Phi) is 8.33. The van der Waals surface area contributed by atoms with E-state index >= 15 is 0 Å². The van der Waals surface area contributed by atoms with Gasteiger partial charge in [0.1, 0.15) is 12.3 Å². The van der Waals surface area contributed by atoms with Crippen LogP contribution in [-0.4, -0.2) is 13.0 Å². The van der Waals surface area contributed by atoms with Gasteiger partial charge in [-0.05, 0) is 31.0 Å². The van der Waals surface area contributed by atoms with Crippen molar-refractivity contribution < 1.29 is 31.1 Å². The molecule has 0 aliphatic rings. The van der Waals surface area contributed by atoms with Crippen LogP contribution in [0.5, 0.6) is 5.75 Å². The molecule has 1 aromatic carbocycles. The molecule has 1 heterocycles. The van der Waals surface area contributed by atoms with Crippen LogP contribution >= 0.6 is 0 Å². The highest BCUT2D eigenvalue weighted by atomic mass is 79.9. The number of unbranched alkanes of at least 4 members (excludes halogenated alkanes) is 1. The second kappa shape index (κ2) is 10.0. The molecule has 0 spiro atoms. The molecular formula is C18H23BrN2O2. The van der Waals surface area contributed by atoms with Gasteiger partial charge in [0.15, 0.2) is 12.4 Å². The summed E-state index contributed by atoms with van der Waals surface area (Å²) < 4.78 is 7.39. The topological polar surface area (TPSA) is 42.2 Å². The molecule has 0 radical (unpaired) electrons. The number of benzene rings is 1. The summed E-state index contributed by atoms with van der Waals surface area (Å²) in [5, 5.41) is 2.93. The summed E-state index contributed by atoms with van der Waals surface area (Å²) in [4.78, 5) is 12.0. The second-order valence-electron chi connectivity index (χ2n) is 5.32. The van der Waals surface area contributed by atoms with Crippen molar-refractivity contribution in [1.82, 2.24) is 0 Å². The Bertz CT molecular complexity index is 618. The van der Waals surface area contributed by atoms with Crippen molar-refractivity contribution in [1.29, 1.82) is 0 Å². The van der Waals surface area contributed by atoms with Crippen molar-refractivity contribution in [3.05, 3.63) is 54.4 Å². The Balaban J connectivity index is 0.00000264. The fourth-order valence-corrected chi connectivity index (χ4v) is 2.30. The van der Waals surface area contributed by atoms with Gasteiger partial charge in [0.2, 0.25) is 5.91 Å². The van der Waals surface area contributed by atoms with Crippen LogP contribution in [0.25, 0.3) is 0 Å². The lowest BCUT2D eigenvalue weighted by atomic mass is 10.2. The zero-order chi connectivity index (χ0) is 15.8. The number of carbonyl (C=O) groups is 1. The van der Waals surface area contributed by atoms with Crippen LogP contribution in [0.1, 0.15) is 24.8 Å². The molecule has 0 bridgehead atoms. The van der Waals surface area contributed by atoms with Gasteiger partial charge in [-0.1, -0.05) is 12.1 Å². The summed E-state index contributed by atoms with van der Waals surface area (Å²) in [6, 6.07) is 11.8. The van der Waals surface area contributed by atoms with E-state index in [0.29, 0.717) is 12.2 Å². The number of aryl methyl sites for hydroxylation is 2. The summed E-state index contributed by atoms with van der Waals surface area (Å²) in [6.07, 6.45) is 6.44. The van der Waals surface area contributed by atoms with E-state index in [0.717, 1.165) is 30.6 Å². The summed E-state index contributed by atoms with van der Waals surface area (Å²) in [5.74, 6) is 0.723. The number of nitrogens with zero attached hydrogens (tertiary/aromatic N) is 1. The molecule has 124 valence electrons. The third kappa shape index (κ3) is 6.40. The largest absolute Gasteiger partial charge is 1.00 e. The molecule has 0 aliphatic heterocycles. The van der Waals surface area contributed by atoms with Gasteiger partial charge in [-0.2, -0.15) is 0 Å². The molecule has 1 N–H and O–H groups in total. The van der Waals surface area contributed by atoms with Crippen LogP contribution in [0.4, 0.5) is 5.69 Å². The Morgan fingerprint density at radius 2 is 1.91 bits per heavy atom. The van der Waals surface area contributed by atoms with E-state index in [1.165, 1.54) is 0 Å². The van der Waals surface area contributed by atoms with Crippen LogP contribution in [0.2, 0.25) is 0 Å². The lowest BCUT2D eigenvalue weighted by molar-refractivity contribution is -0.697. The normalized spacial score (nSPS) is 9.83. The van der Waals surface area contributed by atoms with Crippen molar-refractivity contribution in [2.45, 2.75) is 32.7 Å². The predicted octanol–water partition coefficient (Wildman–Crippen LogP) is 0.104.